The molecule has 2 heterocycles. The number of fused-ring (bicyclic) bond motifs is 3. The van der Waals surface area contributed by atoms with E-state index in [1.165, 1.54) is 0 Å². The lowest BCUT2D eigenvalue weighted by Gasteiger charge is -2.01. The number of hydrogen-bond acceptors (Lipinski definition) is 2. The molecule has 0 unspecified atom stereocenters. The van der Waals surface area contributed by atoms with Crippen molar-refractivity contribution < 1.29 is 0 Å². The highest BCUT2D eigenvalue weighted by Gasteiger charge is 2.06. The Morgan fingerprint density at radius 1 is 0.737 bits per heavy atom. The van der Waals surface area contributed by atoms with Crippen molar-refractivity contribution in [3.63, 3.8) is 0 Å². The van der Waals surface area contributed by atoms with E-state index in [4.69, 9.17) is 0 Å². The van der Waals surface area contributed by atoms with Crippen molar-refractivity contribution in [1.29, 1.82) is 0 Å². The molecule has 0 bridgehead atoms. The highest BCUT2D eigenvalue weighted by atomic mass is 15.1. The van der Waals surface area contributed by atoms with Crippen LogP contribution in [0.5, 0.6) is 0 Å². The fourth-order valence-electron chi connectivity index (χ4n) is 2.32. The van der Waals surface area contributed by atoms with Crippen LogP contribution in [0, 0.1) is 0 Å². The van der Waals surface area contributed by atoms with Gasteiger partial charge in [0.25, 0.3) is 0 Å². The van der Waals surface area contributed by atoms with Gasteiger partial charge in [0.1, 0.15) is 0 Å². The van der Waals surface area contributed by atoms with Crippen LogP contribution in [0.3, 0.4) is 0 Å². The number of benzene rings is 2. The normalized spacial score (nSPS) is 11.2. The second-order valence-corrected chi connectivity index (χ2v) is 4.45. The Balaban J connectivity index is 1.99. The molecule has 0 amide bonds. The molecule has 19 heavy (non-hydrogen) atoms. The summed E-state index contributed by atoms with van der Waals surface area (Å²) in [6.07, 6.45) is 2.03. The molecule has 0 saturated carbocycles. The Hall–Kier alpha value is -2.68. The Kier molecular flexibility index (Phi) is 2.12. The maximum absolute atomic E-state index is 4.63. The highest BCUT2D eigenvalue weighted by molar-refractivity contribution is 5.79. The van der Waals surface area contributed by atoms with E-state index in [1.54, 1.807) is 0 Å². The third kappa shape index (κ3) is 1.59. The molecule has 0 atom stereocenters. The molecular weight excluding hydrogens is 234 g/mol. The van der Waals surface area contributed by atoms with Gasteiger partial charge < -0.3 is 0 Å². The second-order valence-electron chi connectivity index (χ2n) is 4.45. The summed E-state index contributed by atoms with van der Waals surface area (Å²) in [5, 5.41) is 0. The standard InChI is InChI=1S/C16H11N3/c1-2-6-12(7-3-1)13-10-11-19-15-9-5-4-8-14(15)18-16(19)17-13/h1-11H. The lowest BCUT2D eigenvalue weighted by molar-refractivity contribution is 1.14. The first kappa shape index (κ1) is 10.3. The number of para-hydroxylation sites is 2. The molecule has 0 radical (unpaired) electrons. The molecule has 0 aliphatic heterocycles. The van der Waals surface area contributed by atoms with Gasteiger partial charge in [0.05, 0.1) is 16.7 Å². The lowest BCUT2D eigenvalue weighted by Crippen LogP contribution is -1.90. The van der Waals surface area contributed by atoms with Gasteiger partial charge in [0.15, 0.2) is 0 Å². The van der Waals surface area contributed by atoms with E-state index in [0.29, 0.717) is 0 Å². The van der Waals surface area contributed by atoms with E-state index in [2.05, 4.69) is 28.2 Å². The van der Waals surface area contributed by atoms with Crippen LogP contribution in [0.1, 0.15) is 0 Å². The molecule has 0 fully saturated rings. The van der Waals surface area contributed by atoms with E-state index in [1.807, 2.05) is 53.1 Å². The zero-order valence-electron chi connectivity index (χ0n) is 10.2. The molecule has 0 spiro atoms. The minimum atomic E-state index is 0.738. The number of imidazole rings is 1. The van der Waals surface area contributed by atoms with Crippen LogP contribution >= 0.6 is 0 Å². The zero-order chi connectivity index (χ0) is 12.7. The van der Waals surface area contributed by atoms with Crippen molar-refractivity contribution in [2.75, 3.05) is 0 Å². The van der Waals surface area contributed by atoms with Gasteiger partial charge in [0.2, 0.25) is 5.78 Å². The molecule has 0 aliphatic rings. The van der Waals surface area contributed by atoms with E-state index < -0.39 is 0 Å². The van der Waals surface area contributed by atoms with E-state index in [9.17, 15) is 0 Å². The molecule has 3 nitrogen and oxygen atoms in total. The maximum atomic E-state index is 4.63. The highest BCUT2D eigenvalue weighted by Crippen LogP contribution is 2.20. The van der Waals surface area contributed by atoms with Gasteiger partial charge in [-0.2, -0.15) is 0 Å². The van der Waals surface area contributed by atoms with Crippen molar-refractivity contribution in [1.82, 2.24) is 14.4 Å². The number of rotatable bonds is 1. The lowest BCUT2D eigenvalue weighted by atomic mass is 10.1. The average Bonchev–Trinajstić information content (AvgIpc) is 2.86. The summed E-state index contributed by atoms with van der Waals surface area (Å²) in [5.41, 5.74) is 4.12. The predicted molar refractivity (Wildman–Crippen MR) is 75.9 cm³/mol. The quantitative estimate of drug-likeness (QED) is 0.513. The van der Waals surface area contributed by atoms with Gasteiger partial charge in [-0.25, -0.2) is 9.97 Å². The fraction of sp³-hybridized carbons (Fsp3) is 0. The largest absolute Gasteiger partial charge is 0.284 e. The van der Waals surface area contributed by atoms with E-state index >= 15 is 0 Å². The molecular formula is C16H11N3. The van der Waals surface area contributed by atoms with Crippen LogP contribution in [0.2, 0.25) is 0 Å². The molecule has 2 aromatic heterocycles. The summed E-state index contributed by atoms with van der Waals surface area (Å²) in [6, 6.07) is 20.2. The first-order valence-corrected chi connectivity index (χ1v) is 6.21. The van der Waals surface area contributed by atoms with Crippen LogP contribution in [0.4, 0.5) is 0 Å². The smallest absolute Gasteiger partial charge is 0.235 e. The second kappa shape index (κ2) is 3.92. The molecule has 4 rings (SSSR count). The predicted octanol–water partition coefficient (Wildman–Crippen LogP) is 3.55. The molecule has 90 valence electrons. The SMILES string of the molecule is c1ccc(-c2ccn3c(n2)nc2ccccc23)cc1. The van der Waals surface area contributed by atoms with Crippen LogP contribution in [0.25, 0.3) is 28.1 Å². The Morgan fingerprint density at radius 3 is 2.42 bits per heavy atom. The average molecular weight is 245 g/mol. The zero-order valence-corrected chi connectivity index (χ0v) is 10.2. The molecule has 2 aromatic carbocycles. The van der Waals surface area contributed by atoms with Gasteiger partial charge in [-0.1, -0.05) is 42.5 Å². The molecule has 0 aliphatic carbocycles. The number of aromatic nitrogens is 3. The third-order valence-electron chi connectivity index (χ3n) is 3.25. The first-order chi connectivity index (χ1) is 9.42. The molecule has 4 aromatic rings. The van der Waals surface area contributed by atoms with Gasteiger partial charge in [-0.15, -0.1) is 0 Å². The molecule has 3 heteroatoms. The fourth-order valence-corrected chi connectivity index (χ4v) is 2.32. The first-order valence-electron chi connectivity index (χ1n) is 6.21. The molecule has 0 saturated heterocycles. The van der Waals surface area contributed by atoms with Gasteiger partial charge >= 0.3 is 0 Å². The third-order valence-corrected chi connectivity index (χ3v) is 3.25. The molecule has 0 N–H and O–H groups in total. The van der Waals surface area contributed by atoms with Gasteiger partial charge in [-0.05, 0) is 18.2 Å². The van der Waals surface area contributed by atoms with Crippen LogP contribution in [-0.4, -0.2) is 14.4 Å². The van der Waals surface area contributed by atoms with Gasteiger partial charge in [-0.3, -0.25) is 4.40 Å². The van der Waals surface area contributed by atoms with Crippen LogP contribution in [-0.2, 0) is 0 Å². The van der Waals surface area contributed by atoms with Gasteiger partial charge in [0, 0.05) is 11.8 Å². The van der Waals surface area contributed by atoms with E-state index in [-0.39, 0.29) is 0 Å². The van der Waals surface area contributed by atoms with Crippen molar-refractivity contribution in [2.45, 2.75) is 0 Å². The van der Waals surface area contributed by atoms with Crippen molar-refractivity contribution in [3.05, 3.63) is 66.9 Å². The summed E-state index contributed by atoms with van der Waals surface area (Å²) in [5.74, 6) is 0.738. The summed E-state index contributed by atoms with van der Waals surface area (Å²) < 4.78 is 2.02. The summed E-state index contributed by atoms with van der Waals surface area (Å²) >= 11 is 0. The minimum absolute atomic E-state index is 0.738. The summed E-state index contributed by atoms with van der Waals surface area (Å²) in [7, 11) is 0. The van der Waals surface area contributed by atoms with Crippen LogP contribution in [0.15, 0.2) is 66.9 Å². The van der Waals surface area contributed by atoms with Crippen molar-refractivity contribution in [2.24, 2.45) is 0 Å². The minimum Gasteiger partial charge on any atom is -0.284 e. The van der Waals surface area contributed by atoms with Crippen molar-refractivity contribution >= 4 is 16.8 Å². The summed E-state index contributed by atoms with van der Waals surface area (Å²) in [4.78, 5) is 9.19. The maximum Gasteiger partial charge on any atom is 0.235 e. The monoisotopic (exact) mass is 245 g/mol. The topological polar surface area (TPSA) is 30.2 Å². The Morgan fingerprint density at radius 2 is 1.53 bits per heavy atom. The Bertz CT molecular complexity index is 863. The van der Waals surface area contributed by atoms with Crippen LogP contribution < -0.4 is 0 Å². The van der Waals surface area contributed by atoms with E-state index in [0.717, 1.165) is 28.1 Å². The summed E-state index contributed by atoms with van der Waals surface area (Å²) in [6.45, 7) is 0. The Labute approximate surface area is 110 Å². The number of hydrogen-bond donors (Lipinski definition) is 0. The number of nitrogens with zero attached hydrogens (tertiary/aromatic N) is 3. The van der Waals surface area contributed by atoms with Crippen molar-refractivity contribution in [3.8, 4) is 11.3 Å².